The van der Waals surface area contributed by atoms with Gasteiger partial charge >= 0.3 is 0 Å². The van der Waals surface area contributed by atoms with Gasteiger partial charge in [-0.25, -0.2) is 18.1 Å². The predicted molar refractivity (Wildman–Crippen MR) is 121 cm³/mol. The molecule has 1 aromatic carbocycles. The van der Waals surface area contributed by atoms with Crippen LogP contribution in [0.2, 0.25) is 10.0 Å². The van der Waals surface area contributed by atoms with E-state index in [9.17, 15) is 13.2 Å². The number of anilines is 1. The van der Waals surface area contributed by atoms with Crippen LogP contribution in [0.1, 0.15) is 53.0 Å². The van der Waals surface area contributed by atoms with E-state index in [1.165, 1.54) is 0 Å². The van der Waals surface area contributed by atoms with Gasteiger partial charge in [0.15, 0.2) is 15.5 Å². The van der Waals surface area contributed by atoms with E-state index in [0.717, 1.165) is 18.5 Å². The van der Waals surface area contributed by atoms with Gasteiger partial charge in [-0.05, 0) is 50.5 Å². The SMILES string of the molecule is Cc1nn([C@@H]2CCS(=O)(=O)C2)c2nc(C3CC3)cc(C(=O)Nc3cc(Cl)ccc3Cl)c12. The Bertz CT molecular complexity index is 1330. The number of rotatable bonds is 4. The lowest BCUT2D eigenvalue weighted by Gasteiger charge is -2.12. The van der Waals surface area contributed by atoms with Crippen molar-refractivity contribution in [3.8, 4) is 0 Å². The van der Waals surface area contributed by atoms with Crippen LogP contribution in [0.15, 0.2) is 24.3 Å². The number of nitrogens with zero attached hydrogens (tertiary/aromatic N) is 3. The summed E-state index contributed by atoms with van der Waals surface area (Å²) in [5.74, 6) is 0.154. The number of sulfone groups is 1. The summed E-state index contributed by atoms with van der Waals surface area (Å²) in [5.41, 5.74) is 2.90. The van der Waals surface area contributed by atoms with Crippen molar-refractivity contribution in [2.45, 2.75) is 38.1 Å². The Kier molecular flexibility index (Phi) is 4.99. The maximum atomic E-state index is 13.3. The van der Waals surface area contributed by atoms with Gasteiger partial charge in [-0.15, -0.1) is 0 Å². The second kappa shape index (κ2) is 7.46. The van der Waals surface area contributed by atoms with Gasteiger partial charge in [-0.1, -0.05) is 23.2 Å². The molecule has 162 valence electrons. The third-order valence-corrected chi connectivity index (χ3v) is 8.14. The van der Waals surface area contributed by atoms with E-state index >= 15 is 0 Å². The Labute approximate surface area is 189 Å². The summed E-state index contributed by atoms with van der Waals surface area (Å²) in [7, 11) is -3.09. The molecule has 2 fully saturated rings. The van der Waals surface area contributed by atoms with Gasteiger partial charge < -0.3 is 5.32 Å². The summed E-state index contributed by atoms with van der Waals surface area (Å²) >= 11 is 12.3. The number of hydrogen-bond acceptors (Lipinski definition) is 5. The third kappa shape index (κ3) is 3.92. The highest BCUT2D eigenvalue weighted by molar-refractivity contribution is 7.91. The van der Waals surface area contributed by atoms with Gasteiger partial charge in [0, 0.05) is 16.6 Å². The summed E-state index contributed by atoms with van der Waals surface area (Å²) in [6.45, 7) is 1.81. The largest absolute Gasteiger partial charge is 0.321 e. The first-order valence-corrected chi connectivity index (χ1v) is 12.7. The second-order valence-corrected chi connectivity index (χ2v) is 11.3. The minimum Gasteiger partial charge on any atom is -0.321 e. The Morgan fingerprint density at radius 2 is 1.97 bits per heavy atom. The Morgan fingerprint density at radius 3 is 2.65 bits per heavy atom. The number of halogens is 2. The van der Waals surface area contributed by atoms with Crippen molar-refractivity contribution in [1.82, 2.24) is 14.8 Å². The van der Waals surface area contributed by atoms with Gasteiger partial charge in [0.05, 0.1) is 44.9 Å². The smallest absolute Gasteiger partial charge is 0.256 e. The van der Waals surface area contributed by atoms with E-state index in [4.69, 9.17) is 28.2 Å². The lowest BCUT2D eigenvalue weighted by Crippen LogP contribution is -2.15. The lowest BCUT2D eigenvalue weighted by molar-refractivity contribution is 0.102. The molecule has 5 rings (SSSR count). The van der Waals surface area contributed by atoms with Crippen molar-refractivity contribution in [1.29, 1.82) is 0 Å². The summed E-state index contributed by atoms with van der Waals surface area (Å²) in [4.78, 5) is 18.1. The van der Waals surface area contributed by atoms with Crippen molar-refractivity contribution in [2.75, 3.05) is 16.8 Å². The molecule has 3 aromatic rings. The van der Waals surface area contributed by atoms with Crippen molar-refractivity contribution < 1.29 is 13.2 Å². The molecule has 2 aliphatic rings. The van der Waals surface area contributed by atoms with E-state index in [2.05, 4.69) is 10.4 Å². The number of benzene rings is 1. The first kappa shape index (κ1) is 20.7. The fraction of sp³-hybridized carbons (Fsp3) is 0.381. The molecule has 1 aliphatic carbocycles. The third-order valence-electron chi connectivity index (χ3n) is 5.83. The van der Waals surface area contributed by atoms with Gasteiger partial charge in [-0.3, -0.25) is 4.79 Å². The Hall–Kier alpha value is -2.16. The monoisotopic (exact) mass is 478 g/mol. The zero-order valence-electron chi connectivity index (χ0n) is 16.7. The van der Waals surface area contributed by atoms with Gasteiger partial charge in [0.1, 0.15) is 0 Å². The number of fused-ring (bicyclic) bond motifs is 1. The van der Waals surface area contributed by atoms with E-state index in [0.29, 0.717) is 50.4 Å². The van der Waals surface area contributed by atoms with Crippen molar-refractivity contribution in [3.63, 3.8) is 0 Å². The zero-order chi connectivity index (χ0) is 21.9. The minimum absolute atomic E-state index is 0.0399. The molecule has 0 spiro atoms. The van der Waals surface area contributed by atoms with E-state index in [1.54, 1.807) is 22.9 Å². The predicted octanol–water partition coefficient (Wildman–Crippen LogP) is 4.54. The van der Waals surface area contributed by atoms with Gasteiger partial charge in [0.2, 0.25) is 0 Å². The van der Waals surface area contributed by atoms with Crippen LogP contribution >= 0.6 is 23.2 Å². The topological polar surface area (TPSA) is 93.9 Å². The molecule has 3 heterocycles. The number of aryl methyl sites for hydroxylation is 1. The molecule has 1 aliphatic heterocycles. The van der Waals surface area contributed by atoms with Crippen LogP contribution in [0.4, 0.5) is 5.69 Å². The average molecular weight is 479 g/mol. The number of pyridine rings is 1. The number of carbonyl (C=O) groups is 1. The highest BCUT2D eigenvalue weighted by atomic mass is 35.5. The first-order valence-electron chi connectivity index (χ1n) is 10.1. The van der Waals surface area contributed by atoms with Crippen molar-refractivity contribution in [2.24, 2.45) is 0 Å². The van der Waals surface area contributed by atoms with Crippen molar-refractivity contribution in [3.05, 3.63) is 51.3 Å². The standard InChI is InChI=1S/C21H20Cl2N4O3S/c1-11-19-15(21(28)25-18-8-13(22)4-5-16(18)23)9-17(12-2-3-12)24-20(19)27(26-11)14-6-7-31(29,30)10-14/h4-5,8-9,12,14H,2-3,6-7,10H2,1H3,(H,25,28)/t14-/m1/s1. The van der Waals surface area contributed by atoms with Crippen LogP contribution < -0.4 is 5.32 Å². The Balaban J connectivity index is 1.62. The molecule has 2 aromatic heterocycles. The highest BCUT2D eigenvalue weighted by Gasteiger charge is 2.34. The van der Waals surface area contributed by atoms with Gasteiger partial charge in [0.25, 0.3) is 5.91 Å². The van der Waals surface area contributed by atoms with Crippen molar-refractivity contribution >= 4 is 55.7 Å². The van der Waals surface area contributed by atoms with Crippen LogP contribution in [0.5, 0.6) is 0 Å². The molecule has 10 heteroatoms. The molecule has 31 heavy (non-hydrogen) atoms. The average Bonchev–Trinajstić information content (AvgIpc) is 3.43. The van der Waals surface area contributed by atoms with E-state index < -0.39 is 9.84 Å². The molecule has 0 bridgehead atoms. The molecule has 1 N–H and O–H groups in total. The van der Waals surface area contributed by atoms with E-state index in [1.807, 2.05) is 13.0 Å². The van der Waals surface area contributed by atoms with Crippen LogP contribution in [0.25, 0.3) is 11.0 Å². The fourth-order valence-electron chi connectivity index (χ4n) is 4.11. The van der Waals surface area contributed by atoms with E-state index in [-0.39, 0.29) is 23.5 Å². The fourth-order valence-corrected chi connectivity index (χ4v) is 6.13. The number of carbonyl (C=O) groups excluding carboxylic acids is 1. The molecule has 0 unspecified atom stereocenters. The quantitative estimate of drug-likeness (QED) is 0.593. The normalized spacial score (nSPS) is 20.3. The Morgan fingerprint density at radius 1 is 1.19 bits per heavy atom. The summed E-state index contributed by atoms with van der Waals surface area (Å²) in [5, 5.41) is 8.93. The first-order chi connectivity index (χ1) is 14.7. The highest BCUT2D eigenvalue weighted by Crippen LogP contribution is 2.41. The molecular formula is C21H20Cl2N4O3S. The maximum absolute atomic E-state index is 13.3. The second-order valence-electron chi connectivity index (χ2n) is 8.23. The van der Waals surface area contributed by atoms with Crippen LogP contribution in [-0.2, 0) is 9.84 Å². The molecular weight excluding hydrogens is 459 g/mol. The molecule has 1 saturated heterocycles. The molecule has 1 amide bonds. The van der Waals surface area contributed by atoms with Crippen LogP contribution in [-0.4, -0.2) is 40.6 Å². The zero-order valence-corrected chi connectivity index (χ0v) is 19.1. The van der Waals surface area contributed by atoms with Crippen LogP contribution in [0.3, 0.4) is 0 Å². The number of aromatic nitrogens is 3. The maximum Gasteiger partial charge on any atom is 0.256 e. The summed E-state index contributed by atoms with van der Waals surface area (Å²) in [6, 6.07) is 6.42. The molecule has 0 radical (unpaired) electrons. The number of amides is 1. The lowest BCUT2D eigenvalue weighted by atomic mass is 10.1. The van der Waals surface area contributed by atoms with Gasteiger partial charge in [-0.2, -0.15) is 5.10 Å². The molecule has 1 atom stereocenters. The van der Waals surface area contributed by atoms with Crippen LogP contribution in [0, 0.1) is 6.92 Å². The number of hydrogen-bond donors (Lipinski definition) is 1. The summed E-state index contributed by atoms with van der Waals surface area (Å²) in [6.07, 6.45) is 2.53. The number of nitrogens with one attached hydrogen (secondary N) is 1. The summed E-state index contributed by atoms with van der Waals surface area (Å²) < 4.78 is 25.8. The minimum atomic E-state index is -3.09. The molecule has 1 saturated carbocycles. The molecule has 7 nitrogen and oxygen atoms in total.